The summed E-state index contributed by atoms with van der Waals surface area (Å²) in [6, 6.07) is 5.51. The van der Waals surface area contributed by atoms with Crippen LogP contribution in [-0.2, 0) is 0 Å². The van der Waals surface area contributed by atoms with Crippen LogP contribution in [0.5, 0.6) is 11.5 Å². The largest absolute Gasteiger partial charge is 0.493 e. The highest BCUT2D eigenvalue weighted by atomic mass is 16.6. The highest BCUT2D eigenvalue weighted by Crippen LogP contribution is 2.32. The SMILES string of the molecule is CNc1ccc(OC(O)C2C=CC(C)=CC2)c(OC)c1. The van der Waals surface area contributed by atoms with Crippen LogP contribution in [0.3, 0.4) is 0 Å². The maximum atomic E-state index is 10.2. The Morgan fingerprint density at radius 3 is 2.75 bits per heavy atom. The Hall–Kier alpha value is -1.94. The smallest absolute Gasteiger partial charge is 0.204 e. The van der Waals surface area contributed by atoms with Crippen LogP contribution >= 0.6 is 0 Å². The molecular formula is C16H21NO3. The minimum Gasteiger partial charge on any atom is -0.493 e. The molecule has 2 unspecified atom stereocenters. The van der Waals surface area contributed by atoms with E-state index in [0.717, 1.165) is 12.1 Å². The molecule has 0 amide bonds. The van der Waals surface area contributed by atoms with Gasteiger partial charge in [-0.1, -0.05) is 23.8 Å². The van der Waals surface area contributed by atoms with Crippen LogP contribution in [0.1, 0.15) is 13.3 Å². The van der Waals surface area contributed by atoms with E-state index < -0.39 is 6.29 Å². The number of aliphatic hydroxyl groups is 1. The van der Waals surface area contributed by atoms with Crippen LogP contribution in [-0.4, -0.2) is 25.6 Å². The van der Waals surface area contributed by atoms with Gasteiger partial charge in [0, 0.05) is 24.7 Å². The molecule has 0 saturated carbocycles. The van der Waals surface area contributed by atoms with Crippen LogP contribution in [0.2, 0.25) is 0 Å². The third-order valence-corrected chi connectivity index (χ3v) is 3.38. The summed E-state index contributed by atoms with van der Waals surface area (Å²) in [4.78, 5) is 0. The van der Waals surface area contributed by atoms with Gasteiger partial charge in [-0.25, -0.2) is 0 Å². The van der Waals surface area contributed by atoms with Gasteiger partial charge >= 0.3 is 0 Å². The summed E-state index contributed by atoms with van der Waals surface area (Å²) in [6.07, 6.45) is 5.97. The van der Waals surface area contributed by atoms with E-state index in [4.69, 9.17) is 9.47 Å². The van der Waals surface area contributed by atoms with Gasteiger partial charge in [-0.15, -0.1) is 0 Å². The van der Waals surface area contributed by atoms with Gasteiger partial charge in [0.1, 0.15) is 0 Å². The minimum atomic E-state index is -0.884. The first-order chi connectivity index (χ1) is 9.63. The molecule has 0 radical (unpaired) electrons. The second-order valence-electron chi connectivity index (χ2n) is 4.83. The molecule has 1 aromatic carbocycles. The number of benzene rings is 1. The molecule has 0 fully saturated rings. The Morgan fingerprint density at radius 2 is 2.15 bits per heavy atom. The van der Waals surface area contributed by atoms with Crippen molar-refractivity contribution in [1.29, 1.82) is 0 Å². The van der Waals surface area contributed by atoms with Gasteiger partial charge < -0.3 is 19.9 Å². The molecule has 1 aromatic rings. The van der Waals surface area contributed by atoms with Crippen LogP contribution in [0.15, 0.2) is 42.0 Å². The minimum absolute atomic E-state index is 0.0348. The van der Waals surface area contributed by atoms with Gasteiger partial charge in [0.25, 0.3) is 0 Å². The number of aliphatic hydroxyl groups excluding tert-OH is 1. The van der Waals surface area contributed by atoms with E-state index in [1.54, 1.807) is 13.2 Å². The molecule has 108 valence electrons. The fourth-order valence-electron chi connectivity index (χ4n) is 2.09. The molecule has 0 bridgehead atoms. The van der Waals surface area contributed by atoms with E-state index >= 15 is 0 Å². The van der Waals surface area contributed by atoms with Crippen molar-refractivity contribution in [3.8, 4) is 11.5 Å². The Morgan fingerprint density at radius 1 is 1.35 bits per heavy atom. The fraction of sp³-hybridized carbons (Fsp3) is 0.375. The number of methoxy groups -OCH3 is 1. The van der Waals surface area contributed by atoms with Crippen LogP contribution < -0.4 is 14.8 Å². The molecule has 2 N–H and O–H groups in total. The lowest BCUT2D eigenvalue weighted by molar-refractivity contribution is -0.0490. The Kier molecular flexibility index (Phi) is 4.69. The van der Waals surface area contributed by atoms with Gasteiger partial charge in [-0.2, -0.15) is 0 Å². The average Bonchev–Trinajstić information content (AvgIpc) is 2.48. The van der Waals surface area contributed by atoms with Gasteiger partial charge in [0.05, 0.1) is 7.11 Å². The Balaban J connectivity index is 2.08. The molecule has 4 heteroatoms. The van der Waals surface area contributed by atoms with E-state index in [0.29, 0.717) is 11.5 Å². The fourth-order valence-corrected chi connectivity index (χ4v) is 2.09. The first-order valence-electron chi connectivity index (χ1n) is 6.69. The standard InChI is InChI=1S/C16H21NO3/c1-11-4-6-12(7-5-11)16(18)20-14-9-8-13(17-2)10-15(14)19-3/h4-6,8-10,12,16-18H,7H2,1-3H3. The molecule has 0 aliphatic heterocycles. The van der Waals surface area contributed by atoms with Crippen molar-refractivity contribution >= 4 is 5.69 Å². The van der Waals surface area contributed by atoms with Crippen molar-refractivity contribution in [1.82, 2.24) is 0 Å². The summed E-state index contributed by atoms with van der Waals surface area (Å²) in [5.74, 6) is 1.11. The number of hydrogen-bond donors (Lipinski definition) is 2. The van der Waals surface area contributed by atoms with Crippen molar-refractivity contribution in [2.45, 2.75) is 19.6 Å². The normalized spacial score (nSPS) is 19.2. The van der Waals surface area contributed by atoms with Crippen LogP contribution in [0.4, 0.5) is 5.69 Å². The summed E-state index contributed by atoms with van der Waals surface area (Å²) in [5, 5.41) is 13.2. The van der Waals surface area contributed by atoms with E-state index in [-0.39, 0.29) is 5.92 Å². The molecule has 0 aromatic heterocycles. The van der Waals surface area contributed by atoms with Crippen LogP contribution in [0, 0.1) is 5.92 Å². The van der Waals surface area contributed by atoms with Gasteiger partial charge in [0.2, 0.25) is 6.29 Å². The molecule has 20 heavy (non-hydrogen) atoms. The average molecular weight is 275 g/mol. The molecule has 2 rings (SSSR count). The third-order valence-electron chi connectivity index (χ3n) is 3.38. The zero-order chi connectivity index (χ0) is 14.5. The van der Waals surface area contributed by atoms with Crippen molar-refractivity contribution in [2.24, 2.45) is 5.92 Å². The van der Waals surface area contributed by atoms with Crippen molar-refractivity contribution < 1.29 is 14.6 Å². The molecule has 1 aliphatic rings. The lowest BCUT2D eigenvalue weighted by Crippen LogP contribution is -2.26. The van der Waals surface area contributed by atoms with Crippen molar-refractivity contribution in [3.05, 3.63) is 42.0 Å². The zero-order valence-electron chi connectivity index (χ0n) is 12.1. The molecule has 4 nitrogen and oxygen atoms in total. The highest BCUT2D eigenvalue weighted by molar-refractivity contribution is 5.54. The van der Waals surface area contributed by atoms with E-state index in [1.807, 2.05) is 38.3 Å². The lowest BCUT2D eigenvalue weighted by atomic mass is 9.97. The number of anilines is 1. The predicted molar refractivity (Wildman–Crippen MR) is 80.2 cm³/mol. The Bertz CT molecular complexity index is 522. The van der Waals surface area contributed by atoms with Gasteiger partial charge in [-0.05, 0) is 25.5 Å². The van der Waals surface area contributed by atoms with E-state index in [2.05, 4.69) is 11.4 Å². The lowest BCUT2D eigenvalue weighted by Gasteiger charge is -2.23. The van der Waals surface area contributed by atoms with Gasteiger partial charge in [0.15, 0.2) is 11.5 Å². The summed E-state index contributed by atoms with van der Waals surface area (Å²) in [6.45, 7) is 2.04. The number of allylic oxidation sites excluding steroid dienone is 3. The molecule has 1 aliphatic carbocycles. The highest BCUT2D eigenvalue weighted by Gasteiger charge is 2.20. The molecule has 0 spiro atoms. The summed E-state index contributed by atoms with van der Waals surface area (Å²) in [7, 11) is 3.42. The first-order valence-corrected chi connectivity index (χ1v) is 6.69. The molecule has 2 atom stereocenters. The van der Waals surface area contributed by atoms with Gasteiger partial charge in [-0.3, -0.25) is 0 Å². The third kappa shape index (κ3) is 3.33. The predicted octanol–water partition coefficient (Wildman–Crippen LogP) is 2.96. The Labute approximate surface area is 119 Å². The number of rotatable bonds is 5. The van der Waals surface area contributed by atoms with Crippen molar-refractivity contribution in [3.63, 3.8) is 0 Å². The number of hydrogen-bond acceptors (Lipinski definition) is 4. The van der Waals surface area contributed by atoms with Crippen LogP contribution in [0.25, 0.3) is 0 Å². The number of ether oxygens (including phenoxy) is 2. The van der Waals surface area contributed by atoms with E-state index in [1.165, 1.54) is 5.57 Å². The second kappa shape index (κ2) is 6.48. The summed E-state index contributed by atoms with van der Waals surface area (Å²) < 4.78 is 10.9. The van der Waals surface area contributed by atoms with Crippen molar-refractivity contribution in [2.75, 3.05) is 19.5 Å². The molecule has 0 heterocycles. The quantitative estimate of drug-likeness (QED) is 0.811. The second-order valence-corrected chi connectivity index (χ2v) is 4.83. The maximum Gasteiger partial charge on any atom is 0.204 e. The topological polar surface area (TPSA) is 50.7 Å². The molecule has 0 saturated heterocycles. The summed E-state index contributed by atoms with van der Waals surface area (Å²) in [5.41, 5.74) is 2.14. The zero-order valence-corrected chi connectivity index (χ0v) is 12.1. The summed E-state index contributed by atoms with van der Waals surface area (Å²) >= 11 is 0. The van der Waals surface area contributed by atoms with E-state index in [9.17, 15) is 5.11 Å². The monoisotopic (exact) mass is 275 g/mol. The maximum absolute atomic E-state index is 10.2. The number of nitrogens with one attached hydrogen (secondary N) is 1. The first kappa shape index (κ1) is 14.5. The molecular weight excluding hydrogens is 254 g/mol.